The maximum Gasteiger partial charge on any atom is 0.0774 e. The number of halogens is 3. The molecule has 4 heteroatoms. The van der Waals surface area contributed by atoms with Gasteiger partial charge in [0.05, 0.1) is 12.0 Å². The molecule has 1 nitrogen and oxygen atoms in total. The molecule has 0 saturated carbocycles. The summed E-state index contributed by atoms with van der Waals surface area (Å²) < 4.78 is 0. The van der Waals surface area contributed by atoms with Gasteiger partial charge in [0.1, 0.15) is 0 Å². The summed E-state index contributed by atoms with van der Waals surface area (Å²) in [5.74, 6) is -0.285. The van der Waals surface area contributed by atoms with Crippen LogP contribution in [0.25, 0.3) is 11.1 Å². The van der Waals surface area contributed by atoms with Crippen molar-refractivity contribution >= 4 is 34.8 Å². The first-order valence-electron chi connectivity index (χ1n) is 5.78. The first-order chi connectivity index (χ1) is 9.11. The third-order valence-electron chi connectivity index (χ3n) is 3.41. The number of fused-ring (bicyclic) bond motifs is 3. The monoisotopic (exact) mass is 307 g/mol. The number of nitriles is 1. The Morgan fingerprint density at radius 2 is 1.79 bits per heavy atom. The van der Waals surface area contributed by atoms with Crippen LogP contribution in [0.5, 0.6) is 0 Å². The summed E-state index contributed by atoms with van der Waals surface area (Å²) in [5.41, 5.74) is 3.74. The van der Waals surface area contributed by atoms with E-state index in [0.29, 0.717) is 21.5 Å². The van der Waals surface area contributed by atoms with Crippen molar-refractivity contribution < 1.29 is 0 Å². The highest BCUT2D eigenvalue weighted by atomic mass is 35.5. The van der Waals surface area contributed by atoms with Crippen molar-refractivity contribution in [3.8, 4) is 17.2 Å². The van der Waals surface area contributed by atoms with Gasteiger partial charge in [-0.1, -0.05) is 40.9 Å². The van der Waals surface area contributed by atoms with Gasteiger partial charge in [-0.3, -0.25) is 0 Å². The van der Waals surface area contributed by atoms with Crippen molar-refractivity contribution in [2.75, 3.05) is 0 Å². The Balaban J connectivity index is 2.38. The fraction of sp³-hybridized carbons (Fsp3) is 0.133. The first kappa shape index (κ1) is 12.8. The lowest BCUT2D eigenvalue weighted by molar-refractivity contribution is 0.836. The zero-order valence-corrected chi connectivity index (χ0v) is 12.0. The number of benzene rings is 2. The molecule has 0 N–H and O–H groups in total. The van der Waals surface area contributed by atoms with E-state index in [1.807, 2.05) is 18.2 Å². The minimum absolute atomic E-state index is 0.285. The lowest BCUT2D eigenvalue weighted by atomic mass is 9.79. The fourth-order valence-electron chi connectivity index (χ4n) is 2.59. The van der Waals surface area contributed by atoms with E-state index in [1.54, 1.807) is 12.1 Å². The topological polar surface area (TPSA) is 23.8 Å². The van der Waals surface area contributed by atoms with Crippen molar-refractivity contribution in [1.29, 1.82) is 5.26 Å². The lowest BCUT2D eigenvalue weighted by Gasteiger charge is -2.25. The number of rotatable bonds is 0. The van der Waals surface area contributed by atoms with Crippen molar-refractivity contribution in [3.63, 3.8) is 0 Å². The number of nitrogens with zero attached hydrogens (tertiary/aromatic N) is 1. The molecule has 19 heavy (non-hydrogen) atoms. The second-order valence-corrected chi connectivity index (χ2v) is 5.76. The molecule has 1 aliphatic carbocycles. The second kappa shape index (κ2) is 4.72. The van der Waals surface area contributed by atoms with E-state index in [4.69, 9.17) is 34.8 Å². The molecule has 3 rings (SSSR count). The van der Waals surface area contributed by atoms with Gasteiger partial charge in [0.15, 0.2) is 0 Å². The van der Waals surface area contributed by atoms with Crippen LogP contribution in [-0.2, 0) is 6.42 Å². The highest BCUT2D eigenvalue weighted by molar-refractivity contribution is 6.36. The van der Waals surface area contributed by atoms with Crippen LogP contribution in [0, 0.1) is 11.3 Å². The van der Waals surface area contributed by atoms with E-state index in [0.717, 1.165) is 22.3 Å². The van der Waals surface area contributed by atoms with Gasteiger partial charge in [-0.05, 0) is 47.4 Å². The molecule has 0 aliphatic heterocycles. The maximum absolute atomic E-state index is 9.36. The average Bonchev–Trinajstić information content (AvgIpc) is 2.41. The smallest absolute Gasteiger partial charge is 0.0774 e. The Hall–Kier alpha value is -1.20. The van der Waals surface area contributed by atoms with Crippen LogP contribution in [0.3, 0.4) is 0 Å². The highest BCUT2D eigenvalue weighted by Crippen LogP contribution is 2.46. The van der Waals surface area contributed by atoms with E-state index >= 15 is 0 Å². The molecule has 2 aromatic rings. The van der Waals surface area contributed by atoms with Crippen LogP contribution in [0.1, 0.15) is 17.0 Å². The van der Waals surface area contributed by atoms with Crippen LogP contribution in [-0.4, -0.2) is 0 Å². The van der Waals surface area contributed by atoms with Crippen LogP contribution in [0.2, 0.25) is 15.1 Å². The SMILES string of the molecule is N#CC1Cc2cc(Cl)ccc2-c2c(Cl)ccc(Cl)c21. The molecule has 0 heterocycles. The molecule has 0 saturated heterocycles. The number of hydrogen-bond donors (Lipinski definition) is 0. The molecule has 0 spiro atoms. The Morgan fingerprint density at radius 3 is 2.53 bits per heavy atom. The zero-order chi connectivity index (χ0) is 13.6. The summed E-state index contributed by atoms with van der Waals surface area (Å²) in [6.45, 7) is 0. The summed E-state index contributed by atoms with van der Waals surface area (Å²) >= 11 is 18.6. The van der Waals surface area contributed by atoms with E-state index < -0.39 is 0 Å². The van der Waals surface area contributed by atoms with Gasteiger partial charge < -0.3 is 0 Å². The Kier molecular flexibility index (Phi) is 3.19. The number of hydrogen-bond acceptors (Lipinski definition) is 1. The van der Waals surface area contributed by atoms with Gasteiger partial charge in [-0.25, -0.2) is 0 Å². The van der Waals surface area contributed by atoms with Crippen molar-refractivity contribution in [2.24, 2.45) is 0 Å². The molecule has 0 amide bonds. The quantitative estimate of drug-likeness (QED) is 0.632. The minimum Gasteiger partial charge on any atom is -0.198 e. The molecule has 0 aromatic heterocycles. The summed E-state index contributed by atoms with van der Waals surface area (Å²) in [6.07, 6.45) is 0.611. The molecule has 0 bridgehead atoms. The van der Waals surface area contributed by atoms with Gasteiger partial charge >= 0.3 is 0 Å². The van der Waals surface area contributed by atoms with Crippen molar-refractivity contribution in [2.45, 2.75) is 12.3 Å². The molecule has 0 fully saturated rings. The molecule has 1 unspecified atom stereocenters. The van der Waals surface area contributed by atoms with Crippen LogP contribution in [0.4, 0.5) is 0 Å². The van der Waals surface area contributed by atoms with Gasteiger partial charge in [-0.2, -0.15) is 5.26 Å². The molecular formula is C15H8Cl3N. The predicted octanol–water partition coefficient (Wildman–Crippen LogP) is 5.48. The molecule has 0 radical (unpaired) electrons. The predicted molar refractivity (Wildman–Crippen MR) is 79.0 cm³/mol. The average molecular weight is 309 g/mol. The van der Waals surface area contributed by atoms with Crippen molar-refractivity contribution in [3.05, 3.63) is 56.5 Å². The highest BCUT2D eigenvalue weighted by Gasteiger charge is 2.28. The maximum atomic E-state index is 9.36. The molecule has 2 aromatic carbocycles. The van der Waals surface area contributed by atoms with Crippen LogP contribution in [0.15, 0.2) is 30.3 Å². The van der Waals surface area contributed by atoms with E-state index in [2.05, 4.69) is 6.07 Å². The van der Waals surface area contributed by atoms with Gasteiger partial charge in [0.25, 0.3) is 0 Å². The van der Waals surface area contributed by atoms with Gasteiger partial charge in [0, 0.05) is 20.6 Å². The zero-order valence-electron chi connectivity index (χ0n) is 9.75. The summed E-state index contributed by atoms with van der Waals surface area (Å²) in [5, 5.41) is 11.2. The first-order valence-corrected chi connectivity index (χ1v) is 6.91. The third kappa shape index (κ3) is 2.01. The van der Waals surface area contributed by atoms with Crippen molar-refractivity contribution in [1.82, 2.24) is 0 Å². The van der Waals surface area contributed by atoms with E-state index in [1.165, 1.54) is 0 Å². The van der Waals surface area contributed by atoms with Gasteiger partial charge in [-0.15, -0.1) is 0 Å². The lowest BCUT2D eigenvalue weighted by Crippen LogP contribution is -2.11. The van der Waals surface area contributed by atoms with Gasteiger partial charge in [0.2, 0.25) is 0 Å². The minimum atomic E-state index is -0.285. The van der Waals surface area contributed by atoms with E-state index in [-0.39, 0.29) is 5.92 Å². The standard InChI is InChI=1S/C15H8Cl3N/c16-10-1-2-11-8(6-10)5-9(7-19)14-12(17)3-4-13(18)15(11)14/h1-4,6,9H,5H2. The third-order valence-corrected chi connectivity index (χ3v) is 4.29. The molecule has 1 aliphatic rings. The van der Waals surface area contributed by atoms with E-state index in [9.17, 15) is 5.26 Å². The summed E-state index contributed by atoms with van der Waals surface area (Å²) in [6, 6.07) is 11.5. The second-order valence-electron chi connectivity index (χ2n) is 4.51. The van der Waals surface area contributed by atoms with Crippen LogP contribution < -0.4 is 0 Å². The van der Waals surface area contributed by atoms with Crippen LogP contribution >= 0.6 is 34.8 Å². The normalized spacial score (nSPS) is 16.4. The molecule has 1 atom stereocenters. The fourth-order valence-corrected chi connectivity index (χ4v) is 3.34. The Labute approximate surface area is 126 Å². The molecule has 94 valence electrons. The summed E-state index contributed by atoms with van der Waals surface area (Å²) in [7, 11) is 0. The summed E-state index contributed by atoms with van der Waals surface area (Å²) in [4.78, 5) is 0. The molecular weight excluding hydrogens is 301 g/mol. The Bertz CT molecular complexity index is 716. The largest absolute Gasteiger partial charge is 0.198 e. The Morgan fingerprint density at radius 1 is 1.05 bits per heavy atom.